The molecule has 0 aromatic heterocycles. The van der Waals surface area contributed by atoms with Crippen molar-refractivity contribution in [3.8, 4) is 11.5 Å². The van der Waals surface area contributed by atoms with Crippen molar-refractivity contribution in [1.82, 2.24) is 0 Å². The number of ether oxygens (including phenoxy) is 2. The molecule has 3 aromatic rings. The molecule has 3 rings (SSSR count). The summed E-state index contributed by atoms with van der Waals surface area (Å²) in [7, 11) is 0. The summed E-state index contributed by atoms with van der Waals surface area (Å²) in [6, 6.07) is 24.3. The smallest absolute Gasteiger partial charge is 0.411 e. The molecule has 0 spiro atoms. The van der Waals surface area contributed by atoms with Crippen molar-refractivity contribution in [3.63, 3.8) is 0 Å². The van der Waals surface area contributed by atoms with E-state index in [0.717, 1.165) is 15.8 Å². The predicted octanol–water partition coefficient (Wildman–Crippen LogP) is 5.99. The predicted molar refractivity (Wildman–Crippen MR) is 101 cm³/mol. The van der Waals surface area contributed by atoms with E-state index < -0.39 is 6.09 Å². The lowest BCUT2D eigenvalue weighted by atomic mass is 10.2. The summed E-state index contributed by atoms with van der Waals surface area (Å²) in [4.78, 5) is 11.9. The summed E-state index contributed by atoms with van der Waals surface area (Å²) in [6.07, 6.45) is -0.507. The number of nitrogens with one attached hydrogen (secondary N) is 1. The molecule has 0 saturated heterocycles. The lowest BCUT2D eigenvalue weighted by Gasteiger charge is -2.11. The van der Waals surface area contributed by atoms with Gasteiger partial charge in [0.25, 0.3) is 0 Å². The summed E-state index contributed by atoms with van der Waals surface area (Å²) in [5.41, 5.74) is 1.55. The molecular formula is C20H16BrNO3. The van der Waals surface area contributed by atoms with Crippen molar-refractivity contribution in [1.29, 1.82) is 0 Å². The van der Waals surface area contributed by atoms with E-state index in [1.165, 1.54) is 0 Å². The van der Waals surface area contributed by atoms with Gasteiger partial charge in [-0.2, -0.15) is 0 Å². The number of hydrogen-bond acceptors (Lipinski definition) is 3. The van der Waals surface area contributed by atoms with E-state index in [1.54, 1.807) is 18.2 Å². The minimum Gasteiger partial charge on any atom is -0.456 e. The van der Waals surface area contributed by atoms with Gasteiger partial charge in [-0.1, -0.05) is 48.5 Å². The second kappa shape index (κ2) is 8.35. The summed E-state index contributed by atoms with van der Waals surface area (Å²) >= 11 is 3.45. The van der Waals surface area contributed by atoms with Crippen molar-refractivity contribution < 1.29 is 14.3 Å². The Morgan fingerprint density at radius 2 is 1.60 bits per heavy atom. The Balaban J connectivity index is 1.58. The highest BCUT2D eigenvalue weighted by atomic mass is 79.9. The first-order valence-corrected chi connectivity index (χ1v) is 8.50. The van der Waals surface area contributed by atoms with Gasteiger partial charge in [-0.25, -0.2) is 4.79 Å². The molecule has 0 unspecified atom stereocenters. The molecule has 25 heavy (non-hydrogen) atoms. The number of rotatable bonds is 5. The average molecular weight is 398 g/mol. The minimum absolute atomic E-state index is 0.225. The molecule has 4 nitrogen and oxygen atoms in total. The van der Waals surface area contributed by atoms with Gasteiger partial charge in [0, 0.05) is 5.69 Å². The summed E-state index contributed by atoms with van der Waals surface area (Å²) in [6.45, 7) is 0.225. The second-order valence-corrected chi connectivity index (χ2v) is 6.10. The highest BCUT2D eigenvalue weighted by Gasteiger charge is 2.08. The Morgan fingerprint density at radius 3 is 2.28 bits per heavy atom. The first-order chi connectivity index (χ1) is 12.2. The van der Waals surface area contributed by atoms with Crippen LogP contribution in [0.25, 0.3) is 0 Å². The largest absolute Gasteiger partial charge is 0.456 e. The molecule has 0 bridgehead atoms. The molecule has 0 aliphatic rings. The third kappa shape index (κ3) is 5.09. The molecule has 5 heteroatoms. The van der Waals surface area contributed by atoms with Crippen LogP contribution in [0.3, 0.4) is 0 Å². The maximum atomic E-state index is 11.9. The van der Waals surface area contributed by atoms with E-state index >= 15 is 0 Å². The molecule has 0 atom stereocenters. The van der Waals surface area contributed by atoms with E-state index in [1.807, 2.05) is 60.7 Å². The van der Waals surface area contributed by atoms with Crippen molar-refractivity contribution in [2.45, 2.75) is 6.61 Å². The monoisotopic (exact) mass is 397 g/mol. The molecule has 126 valence electrons. The van der Waals surface area contributed by atoms with Crippen molar-refractivity contribution in [2.75, 3.05) is 5.32 Å². The average Bonchev–Trinajstić information content (AvgIpc) is 2.64. The third-order valence-corrected chi connectivity index (χ3v) is 3.98. The molecule has 0 heterocycles. The molecule has 3 aromatic carbocycles. The Kier molecular flexibility index (Phi) is 5.69. The van der Waals surface area contributed by atoms with Crippen LogP contribution in [-0.4, -0.2) is 6.09 Å². The van der Waals surface area contributed by atoms with Gasteiger partial charge in [0.1, 0.15) is 18.1 Å². The normalized spacial score (nSPS) is 10.1. The van der Waals surface area contributed by atoms with Crippen LogP contribution in [0.2, 0.25) is 0 Å². The molecule has 1 N–H and O–H groups in total. The van der Waals surface area contributed by atoms with E-state index in [2.05, 4.69) is 21.2 Å². The molecule has 0 aliphatic heterocycles. The molecule has 1 amide bonds. The van der Waals surface area contributed by atoms with E-state index in [4.69, 9.17) is 9.47 Å². The van der Waals surface area contributed by atoms with Crippen LogP contribution in [0, 0.1) is 0 Å². The second-order valence-electron chi connectivity index (χ2n) is 5.25. The number of amides is 1. The Bertz CT molecular complexity index is 838. The summed E-state index contributed by atoms with van der Waals surface area (Å²) in [5, 5.41) is 2.70. The maximum Gasteiger partial charge on any atom is 0.411 e. The Morgan fingerprint density at radius 1 is 0.920 bits per heavy atom. The standard InChI is InChI=1S/C20H16BrNO3/c21-18-13-16(11-12-19(18)25-17-9-5-2-6-10-17)22-20(23)24-14-15-7-3-1-4-8-15/h1-13H,14H2,(H,22,23). The Hall–Kier alpha value is -2.79. The van der Waals surface area contributed by atoms with Gasteiger partial charge in [0.05, 0.1) is 4.47 Å². The number of hydrogen-bond donors (Lipinski definition) is 1. The van der Waals surface area contributed by atoms with E-state index in [-0.39, 0.29) is 6.61 Å². The topological polar surface area (TPSA) is 47.6 Å². The SMILES string of the molecule is O=C(Nc1ccc(Oc2ccccc2)c(Br)c1)OCc1ccccc1. The Labute approximate surface area is 154 Å². The van der Waals surface area contributed by atoms with E-state index in [9.17, 15) is 4.79 Å². The first kappa shape index (κ1) is 17.0. The number of para-hydroxylation sites is 1. The van der Waals surface area contributed by atoms with Crippen molar-refractivity contribution >= 4 is 27.7 Å². The van der Waals surface area contributed by atoms with Crippen LogP contribution in [0.1, 0.15) is 5.56 Å². The minimum atomic E-state index is -0.507. The van der Waals surface area contributed by atoms with Gasteiger partial charge in [-0.15, -0.1) is 0 Å². The number of anilines is 1. The summed E-state index contributed by atoms with van der Waals surface area (Å²) < 4.78 is 11.7. The molecule has 0 radical (unpaired) electrons. The van der Waals surface area contributed by atoms with Gasteiger partial charge >= 0.3 is 6.09 Å². The van der Waals surface area contributed by atoms with Crippen LogP contribution < -0.4 is 10.1 Å². The molecule has 0 fully saturated rings. The third-order valence-electron chi connectivity index (χ3n) is 3.36. The highest BCUT2D eigenvalue weighted by molar-refractivity contribution is 9.10. The summed E-state index contributed by atoms with van der Waals surface area (Å²) in [5.74, 6) is 1.40. The zero-order valence-corrected chi connectivity index (χ0v) is 14.9. The van der Waals surface area contributed by atoms with Crippen LogP contribution in [0.5, 0.6) is 11.5 Å². The number of halogens is 1. The zero-order chi connectivity index (χ0) is 17.5. The van der Waals surface area contributed by atoms with Crippen molar-refractivity contribution in [3.05, 3.63) is 88.9 Å². The molecule has 0 aliphatic carbocycles. The van der Waals surface area contributed by atoms with Crippen LogP contribution in [-0.2, 0) is 11.3 Å². The van der Waals surface area contributed by atoms with Gasteiger partial charge in [0.15, 0.2) is 0 Å². The lowest BCUT2D eigenvalue weighted by molar-refractivity contribution is 0.155. The lowest BCUT2D eigenvalue weighted by Crippen LogP contribution is -2.13. The number of carbonyl (C=O) groups is 1. The fourth-order valence-corrected chi connectivity index (χ4v) is 2.61. The molecular weight excluding hydrogens is 382 g/mol. The maximum absolute atomic E-state index is 11.9. The van der Waals surface area contributed by atoms with E-state index in [0.29, 0.717) is 11.4 Å². The van der Waals surface area contributed by atoms with Gasteiger partial charge in [0.2, 0.25) is 0 Å². The van der Waals surface area contributed by atoms with Gasteiger partial charge in [-0.05, 0) is 51.8 Å². The van der Waals surface area contributed by atoms with Crippen LogP contribution in [0.15, 0.2) is 83.3 Å². The van der Waals surface area contributed by atoms with Crippen molar-refractivity contribution in [2.24, 2.45) is 0 Å². The number of carbonyl (C=O) groups excluding carboxylic acids is 1. The van der Waals surface area contributed by atoms with Gasteiger partial charge in [-0.3, -0.25) is 5.32 Å². The molecule has 0 saturated carbocycles. The zero-order valence-electron chi connectivity index (χ0n) is 13.3. The van der Waals surface area contributed by atoms with Gasteiger partial charge < -0.3 is 9.47 Å². The number of benzene rings is 3. The fourth-order valence-electron chi connectivity index (χ4n) is 2.15. The first-order valence-electron chi connectivity index (χ1n) is 7.71. The fraction of sp³-hybridized carbons (Fsp3) is 0.0500. The quantitative estimate of drug-likeness (QED) is 0.574. The van der Waals surface area contributed by atoms with Crippen LogP contribution >= 0.6 is 15.9 Å². The van der Waals surface area contributed by atoms with Crippen LogP contribution in [0.4, 0.5) is 10.5 Å². The highest BCUT2D eigenvalue weighted by Crippen LogP contribution is 2.31.